The Morgan fingerprint density at radius 3 is 2.45 bits per heavy atom. The number of hydrogen-bond donors (Lipinski definition) is 0. The van der Waals surface area contributed by atoms with Crippen LogP contribution in [-0.4, -0.2) is 44.4 Å². The molecule has 0 bridgehead atoms. The van der Waals surface area contributed by atoms with Crippen molar-refractivity contribution in [3.63, 3.8) is 0 Å². The maximum absolute atomic E-state index is 12.8. The highest BCUT2D eigenvalue weighted by atomic mass is 32.2. The number of hydrogen-bond acceptors (Lipinski definition) is 7. The number of carbonyl (C=O) groups excluding carboxylic acids is 1. The lowest BCUT2D eigenvalue weighted by Crippen LogP contribution is -2.36. The fraction of sp³-hybridized carbons (Fsp3) is 0.421. The van der Waals surface area contributed by atoms with Crippen LogP contribution in [0.15, 0.2) is 30.3 Å². The van der Waals surface area contributed by atoms with Crippen LogP contribution in [0.1, 0.15) is 32.3 Å². The van der Waals surface area contributed by atoms with Gasteiger partial charge in [0.15, 0.2) is 0 Å². The van der Waals surface area contributed by atoms with Gasteiger partial charge in [0, 0.05) is 18.5 Å². The third-order valence-electron chi connectivity index (χ3n) is 4.44. The third kappa shape index (κ3) is 4.48. The zero-order chi connectivity index (χ0) is 21.6. The first kappa shape index (κ1) is 21.0. The Balaban J connectivity index is 2.17. The van der Waals surface area contributed by atoms with Gasteiger partial charge in [-0.1, -0.05) is 18.2 Å². The van der Waals surface area contributed by atoms with Crippen LogP contribution < -0.4 is 4.90 Å². The normalized spacial score (nSPS) is 16.7. The standard InChI is InChI=1S/C19H22N2O7S/c1-19(2,3)28-18(22)20-10-12(11-27-29(4,25)26)17-14-8-6-5-7-13(14)15(21(23)24)9-16(17)20/h5-9,12H,10-11H2,1-4H3/t12-/m0/s1. The van der Waals surface area contributed by atoms with Crippen molar-refractivity contribution in [1.82, 2.24) is 0 Å². The van der Waals surface area contributed by atoms with Crippen LogP contribution in [0.5, 0.6) is 0 Å². The van der Waals surface area contributed by atoms with E-state index in [0.717, 1.165) is 6.26 Å². The second-order valence-corrected chi connectivity index (χ2v) is 9.55. The minimum absolute atomic E-state index is 0.0882. The predicted molar refractivity (Wildman–Crippen MR) is 108 cm³/mol. The van der Waals surface area contributed by atoms with Crippen LogP contribution in [0.2, 0.25) is 0 Å². The largest absolute Gasteiger partial charge is 0.443 e. The molecule has 1 aliphatic rings. The zero-order valence-corrected chi connectivity index (χ0v) is 17.4. The number of rotatable bonds is 4. The Morgan fingerprint density at radius 2 is 1.90 bits per heavy atom. The van der Waals surface area contributed by atoms with Crippen LogP contribution in [0.25, 0.3) is 10.8 Å². The molecule has 0 aromatic heterocycles. The minimum atomic E-state index is -3.70. The Kier molecular flexibility index (Phi) is 5.26. The van der Waals surface area contributed by atoms with E-state index in [1.807, 2.05) is 0 Å². The molecule has 29 heavy (non-hydrogen) atoms. The molecule has 0 fully saturated rings. The number of nitro benzene ring substituents is 1. The molecule has 0 saturated heterocycles. The molecule has 156 valence electrons. The highest BCUT2D eigenvalue weighted by Crippen LogP contribution is 2.45. The molecule has 2 aromatic carbocycles. The molecule has 1 atom stereocenters. The number of amides is 1. The third-order valence-corrected chi connectivity index (χ3v) is 5.00. The molecule has 1 amide bonds. The smallest absolute Gasteiger partial charge is 0.414 e. The molecular weight excluding hydrogens is 400 g/mol. The molecule has 0 aliphatic carbocycles. The maximum atomic E-state index is 12.8. The summed E-state index contributed by atoms with van der Waals surface area (Å²) >= 11 is 0. The van der Waals surface area contributed by atoms with Crippen LogP contribution in [0, 0.1) is 10.1 Å². The molecule has 2 aromatic rings. The van der Waals surface area contributed by atoms with Gasteiger partial charge in [-0.15, -0.1) is 0 Å². The van der Waals surface area contributed by atoms with Gasteiger partial charge in [-0.25, -0.2) is 4.79 Å². The Morgan fingerprint density at radius 1 is 1.28 bits per heavy atom. The van der Waals surface area contributed by atoms with Crippen molar-refractivity contribution in [3.8, 4) is 0 Å². The topological polar surface area (TPSA) is 116 Å². The van der Waals surface area contributed by atoms with Crippen molar-refractivity contribution in [2.45, 2.75) is 32.3 Å². The first-order chi connectivity index (χ1) is 13.4. The fourth-order valence-electron chi connectivity index (χ4n) is 3.41. The summed E-state index contributed by atoms with van der Waals surface area (Å²) < 4.78 is 33.4. The second-order valence-electron chi connectivity index (χ2n) is 7.91. The quantitative estimate of drug-likeness (QED) is 0.420. The summed E-state index contributed by atoms with van der Waals surface area (Å²) in [7, 11) is -3.70. The number of benzene rings is 2. The van der Waals surface area contributed by atoms with Crippen LogP contribution >= 0.6 is 0 Å². The lowest BCUT2D eigenvalue weighted by Gasteiger charge is -2.25. The summed E-state index contributed by atoms with van der Waals surface area (Å²) in [5, 5.41) is 12.6. The number of nitrogens with zero attached hydrogens (tertiary/aromatic N) is 2. The van der Waals surface area contributed by atoms with E-state index in [2.05, 4.69) is 0 Å². The van der Waals surface area contributed by atoms with E-state index in [9.17, 15) is 23.3 Å². The van der Waals surface area contributed by atoms with Crippen molar-refractivity contribution < 1.29 is 27.1 Å². The monoisotopic (exact) mass is 422 g/mol. The lowest BCUT2D eigenvalue weighted by atomic mass is 9.94. The second kappa shape index (κ2) is 7.27. The molecule has 0 unspecified atom stereocenters. The van der Waals surface area contributed by atoms with Crippen molar-refractivity contribution in [2.75, 3.05) is 24.3 Å². The minimum Gasteiger partial charge on any atom is -0.443 e. The summed E-state index contributed by atoms with van der Waals surface area (Å²) in [5.41, 5.74) is 0.0477. The molecule has 0 spiro atoms. The van der Waals surface area contributed by atoms with Gasteiger partial charge < -0.3 is 4.74 Å². The van der Waals surface area contributed by atoms with Gasteiger partial charge in [0.05, 0.1) is 28.9 Å². The molecule has 9 nitrogen and oxygen atoms in total. The van der Waals surface area contributed by atoms with Gasteiger partial charge in [-0.05, 0) is 37.8 Å². The predicted octanol–water partition coefficient (Wildman–Crippen LogP) is 3.56. The molecule has 1 heterocycles. The van der Waals surface area contributed by atoms with Crippen molar-refractivity contribution in [2.24, 2.45) is 0 Å². The Hall–Kier alpha value is -2.72. The van der Waals surface area contributed by atoms with Crippen molar-refractivity contribution >= 4 is 38.4 Å². The molecule has 0 radical (unpaired) electrons. The molecule has 10 heteroatoms. The SMILES string of the molecule is CC(C)(C)OC(=O)N1C[C@@H](COS(C)(=O)=O)c2c1cc([N+](=O)[O-])c1ccccc21. The van der Waals surface area contributed by atoms with E-state index >= 15 is 0 Å². The van der Waals surface area contributed by atoms with Crippen LogP contribution in [0.3, 0.4) is 0 Å². The summed E-state index contributed by atoms with van der Waals surface area (Å²) in [6, 6.07) is 8.09. The van der Waals surface area contributed by atoms with E-state index in [4.69, 9.17) is 8.92 Å². The van der Waals surface area contributed by atoms with Crippen LogP contribution in [-0.2, 0) is 19.0 Å². The van der Waals surface area contributed by atoms with Gasteiger partial charge in [0.2, 0.25) is 0 Å². The number of ether oxygens (including phenoxy) is 1. The Bertz CT molecular complexity index is 1090. The fourth-order valence-corrected chi connectivity index (χ4v) is 3.82. The molecule has 0 saturated carbocycles. The summed E-state index contributed by atoms with van der Waals surface area (Å²) in [6.07, 6.45) is 0.285. The summed E-state index contributed by atoms with van der Waals surface area (Å²) in [6.45, 7) is 5.05. The highest BCUT2D eigenvalue weighted by Gasteiger charge is 2.38. The van der Waals surface area contributed by atoms with Gasteiger partial charge in [0.25, 0.3) is 15.8 Å². The molecule has 1 aliphatic heterocycles. The molecular formula is C19H22N2O7S. The van der Waals surface area contributed by atoms with E-state index < -0.39 is 32.7 Å². The number of anilines is 1. The van der Waals surface area contributed by atoms with Crippen LogP contribution in [0.4, 0.5) is 16.2 Å². The Labute approximate surface area is 168 Å². The lowest BCUT2D eigenvalue weighted by molar-refractivity contribution is -0.383. The number of non-ortho nitro benzene ring substituents is 1. The van der Waals surface area contributed by atoms with Crippen molar-refractivity contribution in [3.05, 3.63) is 46.0 Å². The summed E-state index contributed by atoms with van der Waals surface area (Å²) in [5.74, 6) is -0.488. The first-order valence-corrected chi connectivity index (χ1v) is 10.7. The highest BCUT2D eigenvalue weighted by molar-refractivity contribution is 7.85. The number of nitro groups is 1. The van der Waals surface area contributed by atoms with E-state index in [0.29, 0.717) is 22.0 Å². The van der Waals surface area contributed by atoms with Gasteiger partial charge >= 0.3 is 6.09 Å². The van der Waals surface area contributed by atoms with Crippen molar-refractivity contribution in [1.29, 1.82) is 0 Å². The number of fused-ring (bicyclic) bond motifs is 3. The van der Waals surface area contributed by atoms with E-state index in [1.54, 1.807) is 45.0 Å². The average molecular weight is 422 g/mol. The van der Waals surface area contributed by atoms with Gasteiger partial charge in [0.1, 0.15) is 5.60 Å². The van der Waals surface area contributed by atoms with Gasteiger partial charge in [-0.2, -0.15) is 8.42 Å². The van der Waals surface area contributed by atoms with E-state index in [1.165, 1.54) is 11.0 Å². The molecule has 3 rings (SSSR count). The molecule has 0 N–H and O–H groups in total. The van der Waals surface area contributed by atoms with Gasteiger partial charge in [-0.3, -0.25) is 19.2 Å². The van der Waals surface area contributed by atoms with E-state index in [-0.39, 0.29) is 18.8 Å². The maximum Gasteiger partial charge on any atom is 0.414 e. The average Bonchev–Trinajstić information content (AvgIpc) is 2.96. The summed E-state index contributed by atoms with van der Waals surface area (Å²) in [4.78, 5) is 25.2. The first-order valence-electron chi connectivity index (χ1n) is 8.92. The zero-order valence-electron chi connectivity index (χ0n) is 16.5. The number of carbonyl (C=O) groups is 1.